The molecule has 0 unspecified atom stereocenters. The fourth-order valence-corrected chi connectivity index (χ4v) is 6.14. The van der Waals surface area contributed by atoms with Crippen LogP contribution in [-0.4, -0.2) is 55.7 Å². The normalized spacial score (nSPS) is 25.0. The summed E-state index contributed by atoms with van der Waals surface area (Å²) in [7, 11) is 0. The molecule has 0 aromatic heterocycles. The maximum absolute atomic E-state index is 3.59. The molecule has 0 aromatic carbocycles. The molecular formula is C16H39N4Ti. The number of hydrogen-bond donors (Lipinski definition) is 3. The van der Waals surface area contributed by atoms with Gasteiger partial charge in [-0.1, -0.05) is 0 Å². The Morgan fingerprint density at radius 1 is 0.571 bits per heavy atom. The van der Waals surface area contributed by atoms with Gasteiger partial charge < -0.3 is 0 Å². The minimum atomic E-state index is -2.31. The average molecular weight is 335 g/mol. The first kappa shape index (κ1) is 19.6. The Kier molecular flexibility index (Phi) is 9.00. The Morgan fingerprint density at radius 3 is 1.24 bits per heavy atom. The zero-order chi connectivity index (χ0) is 15.6. The molecule has 1 heterocycles. The molecule has 0 spiro atoms. The molecule has 0 aromatic rings. The van der Waals surface area contributed by atoms with E-state index in [0.29, 0.717) is 0 Å². The Bertz CT molecular complexity index is 250. The predicted octanol–water partition coefficient (Wildman–Crippen LogP) is 2.43. The van der Waals surface area contributed by atoms with Gasteiger partial charge in [0.25, 0.3) is 0 Å². The summed E-state index contributed by atoms with van der Waals surface area (Å²) in [5.74, 6) is 0. The van der Waals surface area contributed by atoms with Crippen molar-refractivity contribution in [2.45, 2.75) is 46.6 Å². The second-order valence-corrected chi connectivity index (χ2v) is 21.7. The summed E-state index contributed by atoms with van der Waals surface area (Å²) in [6.45, 7) is 9.45. The van der Waals surface area contributed by atoms with E-state index in [1.165, 1.54) is 38.8 Å². The van der Waals surface area contributed by atoms with Gasteiger partial charge in [-0.15, -0.1) is 0 Å². The van der Waals surface area contributed by atoms with E-state index < -0.39 is 15.6 Å². The van der Waals surface area contributed by atoms with E-state index in [0.717, 1.165) is 39.3 Å². The van der Waals surface area contributed by atoms with Gasteiger partial charge in [-0.2, -0.15) is 0 Å². The van der Waals surface area contributed by atoms with Crippen molar-refractivity contribution in [2.75, 3.05) is 52.4 Å². The van der Waals surface area contributed by atoms with Crippen LogP contribution >= 0.6 is 0 Å². The van der Waals surface area contributed by atoms with Crippen molar-refractivity contribution in [2.24, 2.45) is 0 Å². The second kappa shape index (κ2) is 9.64. The summed E-state index contributed by atoms with van der Waals surface area (Å²) in [6.07, 6.45) is 5.04. The predicted molar refractivity (Wildman–Crippen MR) is 92.1 cm³/mol. The fraction of sp³-hybridized carbons (Fsp3) is 1.00. The molecule has 21 heavy (non-hydrogen) atoms. The van der Waals surface area contributed by atoms with Crippen LogP contribution in [0.25, 0.3) is 0 Å². The van der Waals surface area contributed by atoms with E-state index in [4.69, 9.17) is 0 Å². The molecule has 1 aliphatic rings. The van der Waals surface area contributed by atoms with Gasteiger partial charge in [0.1, 0.15) is 0 Å². The summed E-state index contributed by atoms with van der Waals surface area (Å²) in [4.78, 5) is 0. The first-order valence-corrected chi connectivity index (χ1v) is 15.9. The van der Waals surface area contributed by atoms with E-state index >= 15 is 0 Å². The van der Waals surface area contributed by atoms with Crippen molar-refractivity contribution in [3.05, 3.63) is 0 Å². The van der Waals surface area contributed by atoms with Crippen molar-refractivity contribution in [1.29, 1.82) is 0 Å². The van der Waals surface area contributed by atoms with Crippen LogP contribution in [0.4, 0.5) is 0 Å². The van der Waals surface area contributed by atoms with Crippen molar-refractivity contribution in [3.63, 3.8) is 0 Å². The van der Waals surface area contributed by atoms with Gasteiger partial charge in [0.05, 0.1) is 0 Å². The third-order valence-electron chi connectivity index (χ3n) is 4.24. The number of nitrogens with one attached hydrogen (secondary N) is 3. The Balaban J connectivity index is 2.42. The summed E-state index contributed by atoms with van der Waals surface area (Å²) in [5, 5.41) is 20.9. The van der Waals surface area contributed by atoms with Gasteiger partial charge in [0, 0.05) is 0 Å². The third-order valence-corrected chi connectivity index (χ3v) is 8.89. The van der Waals surface area contributed by atoms with Crippen molar-refractivity contribution >= 4 is 0 Å². The molecule has 127 valence electrons. The van der Waals surface area contributed by atoms with Crippen molar-refractivity contribution < 1.29 is 15.6 Å². The van der Waals surface area contributed by atoms with Crippen LogP contribution in [0.2, 0.25) is 20.9 Å². The first-order valence-electron chi connectivity index (χ1n) is 8.98. The number of rotatable bonds is 1. The molecule has 1 saturated heterocycles. The van der Waals surface area contributed by atoms with Crippen LogP contribution in [0.5, 0.6) is 0 Å². The van der Waals surface area contributed by atoms with Gasteiger partial charge in [-0.25, -0.2) is 0 Å². The minimum absolute atomic E-state index is 1.15. The SMILES string of the molecule is [CH3][Ti]([CH3])([CH3])([CH3])[N]1CCCNCCCNCCCNCCC1. The summed E-state index contributed by atoms with van der Waals surface area (Å²) >= 11 is -2.31. The molecule has 0 saturated carbocycles. The summed E-state index contributed by atoms with van der Waals surface area (Å²) in [5.41, 5.74) is 0. The second-order valence-electron chi connectivity index (χ2n) is 8.55. The monoisotopic (exact) mass is 335 g/mol. The molecule has 0 aliphatic carbocycles. The van der Waals surface area contributed by atoms with Gasteiger partial charge in [0.2, 0.25) is 0 Å². The summed E-state index contributed by atoms with van der Waals surface area (Å²) in [6, 6.07) is 0. The zero-order valence-electron chi connectivity index (χ0n) is 14.9. The van der Waals surface area contributed by atoms with E-state index in [1.807, 2.05) is 0 Å². The van der Waals surface area contributed by atoms with Crippen LogP contribution in [0.15, 0.2) is 0 Å². The molecule has 0 bridgehead atoms. The van der Waals surface area contributed by atoms with Crippen LogP contribution < -0.4 is 16.0 Å². The van der Waals surface area contributed by atoms with Gasteiger partial charge >= 0.3 is 134 Å². The Labute approximate surface area is 134 Å². The van der Waals surface area contributed by atoms with E-state index in [-0.39, 0.29) is 0 Å². The van der Waals surface area contributed by atoms with Crippen molar-refractivity contribution in [1.82, 2.24) is 19.3 Å². The topological polar surface area (TPSA) is 39.3 Å². The fourth-order valence-electron chi connectivity index (χ4n) is 2.85. The van der Waals surface area contributed by atoms with E-state index in [2.05, 4.69) is 40.2 Å². The quantitative estimate of drug-likeness (QED) is 0.644. The van der Waals surface area contributed by atoms with E-state index in [9.17, 15) is 0 Å². The van der Waals surface area contributed by atoms with E-state index in [1.54, 1.807) is 0 Å². The van der Waals surface area contributed by atoms with Gasteiger partial charge in [0.15, 0.2) is 0 Å². The maximum atomic E-state index is 3.59. The molecule has 0 radical (unpaired) electrons. The molecule has 1 fully saturated rings. The van der Waals surface area contributed by atoms with Crippen LogP contribution in [-0.2, 0) is 15.6 Å². The molecule has 5 heteroatoms. The Morgan fingerprint density at radius 2 is 0.905 bits per heavy atom. The van der Waals surface area contributed by atoms with Crippen LogP contribution in [0, 0.1) is 0 Å². The summed E-state index contributed by atoms with van der Waals surface area (Å²) < 4.78 is 2.84. The molecule has 1 aliphatic heterocycles. The molecule has 0 atom stereocenters. The van der Waals surface area contributed by atoms with Crippen LogP contribution in [0.3, 0.4) is 0 Å². The molecule has 3 N–H and O–H groups in total. The zero-order valence-corrected chi connectivity index (χ0v) is 16.5. The van der Waals surface area contributed by atoms with Crippen molar-refractivity contribution in [3.8, 4) is 0 Å². The molecule has 0 amide bonds. The molecular weight excluding hydrogens is 296 g/mol. The van der Waals surface area contributed by atoms with Crippen LogP contribution in [0.1, 0.15) is 25.7 Å². The molecule has 4 nitrogen and oxygen atoms in total. The first-order chi connectivity index (χ1) is 9.86. The Hall–Kier alpha value is 0.554. The standard InChI is InChI=1S/C12H27N4.4CH3.Ti/c1-5-13-7-2-9-15-11-4-12-16-10-3-8-14-6-1;;;;;/h13-15H,1-12H2;4*1H3;/q-1;;;;;+1. The molecule has 1 rings (SSSR count). The number of nitrogens with zero attached hydrogens (tertiary/aromatic N) is 1. The van der Waals surface area contributed by atoms with Gasteiger partial charge in [-0.05, 0) is 0 Å². The van der Waals surface area contributed by atoms with Gasteiger partial charge in [-0.3, -0.25) is 0 Å². The number of hydrogen-bond acceptors (Lipinski definition) is 4. The average Bonchev–Trinajstić information content (AvgIpc) is 2.36. The third kappa shape index (κ3) is 10.0.